The van der Waals surface area contributed by atoms with Crippen LogP contribution in [0.1, 0.15) is 38.5 Å². The zero-order valence-corrected chi connectivity index (χ0v) is 8.15. The molecule has 2 aliphatic rings. The molecule has 2 aliphatic carbocycles. The standard InChI is InChI=1S/C9H17NO.ClH/c10-8-3-1-2-6-9(8,11)7-4-5-7;/h7-8,11H,1-6,10H2;1H. The van der Waals surface area contributed by atoms with E-state index in [2.05, 4.69) is 0 Å². The molecule has 0 aliphatic heterocycles. The van der Waals surface area contributed by atoms with Crippen molar-refractivity contribution in [2.45, 2.75) is 50.2 Å². The second-order valence-corrected chi connectivity index (χ2v) is 4.12. The van der Waals surface area contributed by atoms with E-state index in [-0.39, 0.29) is 18.4 Å². The second-order valence-electron chi connectivity index (χ2n) is 4.12. The van der Waals surface area contributed by atoms with Crippen molar-refractivity contribution in [3.05, 3.63) is 0 Å². The number of rotatable bonds is 1. The molecule has 12 heavy (non-hydrogen) atoms. The maximum Gasteiger partial charge on any atom is 0.0825 e. The van der Waals surface area contributed by atoms with Crippen LogP contribution in [0, 0.1) is 5.92 Å². The Bertz CT molecular complexity index is 161. The van der Waals surface area contributed by atoms with Gasteiger partial charge in [-0.1, -0.05) is 12.8 Å². The molecule has 2 unspecified atom stereocenters. The maximum absolute atomic E-state index is 10.2. The molecule has 3 heteroatoms. The van der Waals surface area contributed by atoms with E-state index in [0.717, 1.165) is 12.8 Å². The molecular weight excluding hydrogens is 174 g/mol. The average Bonchev–Trinajstić information content (AvgIpc) is 2.77. The Hall–Kier alpha value is 0.210. The van der Waals surface area contributed by atoms with E-state index >= 15 is 0 Å². The number of aliphatic hydroxyl groups is 1. The van der Waals surface area contributed by atoms with Gasteiger partial charge in [-0.3, -0.25) is 0 Å². The number of halogens is 1. The highest BCUT2D eigenvalue weighted by molar-refractivity contribution is 5.85. The highest BCUT2D eigenvalue weighted by Crippen LogP contribution is 2.46. The van der Waals surface area contributed by atoms with Crippen LogP contribution >= 0.6 is 12.4 Å². The highest BCUT2D eigenvalue weighted by Gasteiger charge is 2.48. The van der Waals surface area contributed by atoms with Crippen LogP contribution in [0.5, 0.6) is 0 Å². The van der Waals surface area contributed by atoms with E-state index in [4.69, 9.17) is 5.73 Å². The lowest BCUT2D eigenvalue weighted by Crippen LogP contribution is -2.51. The molecule has 2 rings (SSSR count). The van der Waals surface area contributed by atoms with Gasteiger partial charge in [0.2, 0.25) is 0 Å². The topological polar surface area (TPSA) is 46.2 Å². The summed E-state index contributed by atoms with van der Waals surface area (Å²) in [7, 11) is 0. The van der Waals surface area contributed by atoms with Crippen LogP contribution in [0.25, 0.3) is 0 Å². The van der Waals surface area contributed by atoms with Crippen LogP contribution in [-0.4, -0.2) is 16.7 Å². The van der Waals surface area contributed by atoms with Crippen molar-refractivity contribution in [1.82, 2.24) is 0 Å². The largest absolute Gasteiger partial charge is 0.388 e. The van der Waals surface area contributed by atoms with Crippen LogP contribution in [0.2, 0.25) is 0 Å². The van der Waals surface area contributed by atoms with E-state index in [1.54, 1.807) is 0 Å². The summed E-state index contributed by atoms with van der Waals surface area (Å²) in [5.41, 5.74) is 5.43. The molecule has 0 aromatic heterocycles. The van der Waals surface area contributed by atoms with Gasteiger partial charge in [-0.05, 0) is 31.6 Å². The predicted octanol–water partition coefficient (Wildman–Crippen LogP) is 1.45. The van der Waals surface area contributed by atoms with Gasteiger partial charge in [0.15, 0.2) is 0 Å². The number of hydrogen-bond donors (Lipinski definition) is 2. The van der Waals surface area contributed by atoms with Crippen LogP contribution in [-0.2, 0) is 0 Å². The first-order chi connectivity index (χ1) is 5.23. The van der Waals surface area contributed by atoms with E-state index in [1.807, 2.05) is 0 Å². The Morgan fingerprint density at radius 1 is 1.17 bits per heavy atom. The molecule has 0 bridgehead atoms. The Balaban J connectivity index is 0.000000720. The molecule has 2 atom stereocenters. The summed E-state index contributed by atoms with van der Waals surface area (Å²) >= 11 is 0. The predicted molar refractivity (Wildman–Crippen MR) is 51.4 cm³/mol. The molecule has 2 fully saturated rings. The second kappa shape index (κ2) is 3.52. The summed E-state index contributed by atoms with van der Waals surface area (Å²) in [6.07, 6.45) is 6.73. The number of hydrogen-bond acceptors (Lipinski definition) is 2. The van der Waals surface area contributed by atoms with Crippen LogP contribution in [0.4, 0.5) is 0 Å². The third-order valence-electron chi connectivity index (χ3n) is 3.27. The van der Waals surface area contributed by atoms with E-state index < -0.39 is 5.60 Å². The van der Waals surface area contributed by atoms with Crippen molar-refractivity contribution in [2.24, 2.45) is 11.7 Å². The van der Waals surface area contributed by atoms with Gasteiger partial charge in [0.1, 0.15) is 0 Å². The molecule has 0 aromatic rings. The van der Waals surface area contributed by atoms with Crippen molar-refractivity contribution in [3.8, 4) is 0 Å². The van der Waals surface area contributed by atoms with Crippen LogP contribution in [0.3, 0.4) is 0 Å². The quantitative estimate of drug-likeness (QED) is 0.659. The van der Waals surface area contributed by atoms with Crippen LogP contribution in [0.15, 0.2) is 0 Å². The highest BCUT2D eigenvalue weighted by atomic mass is 35.5. The van der Waals surface area contributed by atoms with Gasteiger partial charge in [0, 0.05) is 6.04 Å². The maximum atomic E-state index is 10.2. The molecule has 2 saturated carbocycles. The summed E-state index contributed by atoms with van der Waals surface area (Å²) in [4.78, 5) is 0. The Morgan fingerprint density at radius 3 is 2.33 bits per heavy atom. The SMILES string of the molecule is Cl.NC1CCCCC1(O)C1CC1. The van der Waals surface area contributed by atoms with Gasteiger partial charge >= 0.3 is 0 Å². The monoisotopic (exact) mass is 191 g/mol. The summed E-state index contributed by atoms with van der Waals surface area (Å²) in [5, 5.41) is 10.2. The fraction of sp³-hybridized carbons (Fsp3) is 1.00. The molecule has 0 aromatic carbocycles. The minimum Gasteiger partial charge on any atom is -0.388 e. The van der Waals surface area contributed by atoms with Crippen molar-refractivity contribution >= 4 is 12.4 Å². The van der Waals surface area contributed by atoms with Gasteiger partial charge in [-0.25, -0.2) is 0 Å². The molecular formula is C9H18ClNO. The fourth-order valence-electron chi connectivity index (χ4n) is 2.30. The van der Waals surface area contributed by atoms with Crippen molar-refractivity contribution in [3.63, 3.8) is 0 Å². The third kappa shape index (κ3) is 1.61. The fourth-order valence-corrected chi connectivity index (χ4v) is 2.30. The normalized spacial score (nSPS) is 42.0. The molecule has 0 spiro atoms. The van der Waals surface area contributed by atoms with Gasteiger partial charge in [0.25, 0.3) is 0 Å². The smallest absolute Gasteiger partial charge is 0.0825 e. The van der Waals surface area contributed by atoms with E-state index in [9.17, 15) is 5.11 Å². The van der Waals surface area contributed by atoms with Gasteiger partial charge in [0.05, 0.1) is 5.60 Å². The zero-order chi connectivity index (χ0) is 7.90. The minimum atomic E-state index is -0.474. The lowest BCUT2D eigenvalue weighted by Gasteiger charge is -2.38. The molecule has 0 saturated heterocycles. The summed E-state index contributed by atoms with van der Waals surface area (Å²) in [6, 6.07) is 0.0590. The molecule has 0 amide bonds. The lowest BCUT2D eigenvalue weighted by atomic mass is 9.77. The average molecular weight is 192 g/mol. The first-order valence-electron chi connectivity index (χ1n) is 4.71. The summed E-state index contributed by atoms with van der Waals surface area (Å²) < 4.78 is 0. The minimum absolute atomic E-state index is 0. The molecule has 72 valence electrons. The molecule has 0 radical (unpaired) electrons. The third-order valence-corrected chi connectivity index (χ3v) is 3.27. The van der Waals surface area contributed by atoms with E-state index in [0.29, 0.717) is 5.92 Å². The van der Waals surface area contributed by atoms with Crippen molar-refractivity contribution in [1.29, 1.82) is 0 Å². The van der Waals surface area contributed by atoms with Gasteiger partial charge < -0.3 is 10.8 Å². The Morgan fingerprint density at radius 2 is 1.83 bits per heavy atom. The van der Waals surface area contributed by atoms with Crippen molar-refractivity contribution < 1.29 is 5.11 Å². The van der Waals surface area contributed by atoms with Gasteiger partial charge in [-0.15, -0.1) is 12.4 Å². The summed E-state index contributed by atoms with van der Waals surface area (Å²) in [5.74, 6) is 0.540. The first-order valence-corrected chi connectivity index (χ1v) is 4.71. The zero-order valence-electron chi connectivity index (χ0n) is 7.33. The molecule has 3 N–H and O–H groups in total. The summed E-state index contributed by atoms with van der Waals surface area (Å²) in [6.45, 7) is 0. The van der Waals surface area contributed by atoms with Gasteiger partial charge in [-0.2, -0.15) is 0 Å². The van der Waals surface area contributed by atoms with Crippen LogP contribution < -0.4 is 5.73 Å². The van der Waals surface area contributed by atoms with E-state index in [1.165, 1.54) is 25.7 Å². The number of nitrogens with two attached hydrogens (primary N) is 1. The first kappa shape index (κ1) is 10.3. The van der Waals surface area contributed by atoms with Crippen molar-refractivity contribution in [2.75, 3.05) is 0 Å². The molecule has 2 nitrogen and oxygen atoms in total. The Labute approximate surface area is 79.9 Å². The molecule has 0 heterocycles. The Kier molecular flexibility index (Phi) is 3.02. The lowest BCUT2D eigenvalue weighted by molar-refractivity contribution is -0.0340.